The van der Waals surface area contributed by atoms with Gasteiger partial charge in [0.15, 0.2) is 0 Å². The van der Waals surface area contributed by atoms with Gasteiger partial charge in [0, 0.05) is 13.1 Å². The second-order valence-corrected chi connectivity index (χ2v) is 5.92. The first kappa shape index (κ1) is 16.7. The minimum absolute atomic E-state index is 0.188. The van der Waals surface area contributed by atoms with Crippen molar-refractivity contribution >= 4 is 6.03 Å². The van der Waals surface area contributed by atoms with Crippen molar-refractivity contribution in [1.29, 1.82) is 0 Å². The Morgan fingerprint density at radius 2 is 1.95 bits per heavy atom. The number of nitrogens with one attached hydrogen (secondary N) is 2. The summed E-state index contributed by atoms with van der Waals surface area (Å²) in [5, 5.41) is 15.1. The molecule has 1 aromatic rings. The van der Waals surface area contributed by atoms with Crippen molar-refractivity contribution in [1.82, 2.24) is 10.6 Å². The molecule has 22 heavy (non-hydrogen) atoms. The lowest BCUT2D eigenvalue weighted by atomic mass is 9.67. The second kappa shape index (κ2) is 7.05. The summed E-state index contributed by atoms with van der Waals surface area (Å²) in [5.74, 6) is -1.65. The molecule has 122 valence electrons. The van der Waals surface area contributed by atoms with Crippen LogP contribution in [0.3, 0.4) is 0 Å². The Hall–Kier alpha value is -1.69. The van der Waals surface area contributed by atoms with E-state index in [9.17, 15) is 18.7 Å². The molecule has 1 atom stereocenters. The quantitative estimate of drug-likeness (QED) is 0.756. The van der Waals surface area contributed by atoms with E-state index in [0.29, 0.717) is 6.54 Å². The fraction of sp³-hybridized carbons (Fsp3) is 0.562. The summed E-state index contributed by atoms with van der Waals surface area (Å²) in [6.07, 6.45) is 2.98. The fourth-order valence-corrected chi connectivity index (χ4v) is 2.78. The summed E-state index contributed by atoms with van der Waals surface area (Å²) in [6, 6.07) is 2.94. The number of hydrogen-bond acceptors (Lipinski definition) is 2. The molecule has 6 heteroatoms. The number of urea groups is 1. The number of rotatable bonds is 6. The van der Waals surface area contributed by atoms with Gasteiger partial charge >= 0.3 is 6.03 Å². The number of benzene rings is 1. The van der Waals surface area contributed by atoms with E-state index in [2.05, 4.69) is 17.6 Å². The van der Waals surface area contributed by atoms with Crippen molar-refractivity contribution in [3.8, 4) is 0 Å². The predicted octanol–water partition coefficient (Wildman–Crippen LogP) is 2.88. The molecule has 2 amide bonds. The Bertz CT molecular complexity index is 507. The van der Waals surface area contributed by atoms with Gasteiger partial charge in [0.2, 0.25) is 0 Å². The van der Waals surface area contributed by atoms with Crippen LogP contribution in [0.1, 0.15) is 44.3 Å². The number of aliphatic hydroxyl groups excluding tert-OH is 1. The predicted molar refractivity (Wildman–Crippen MR) is 79.3 cm³/mol. The molecule has 1 aliphatic carbocycles. The average molecular weight is 312 g/mol. The van der Waals surface area contributed by atoms with Gasteiger partial charge in [-0.3, -0.25) is 0 Å². The van der Waals surface area contributed by atoms with Crippen LogP contribution in [-0.4, -0.2) is 24.2 Å². The number of aliphatic hydroxyl groups is 1. The molecule has 2 rings (SSSR count). The number of hydrogen-bond donors (Lipinski definition) is 3. The van der Waals surface area contributed by atoms with Crippen LogP contribution in [-0.2, 0) is 0 Å². The summed E-state index contributed by atoms with van der Waals surface area (Å²) in [7, 11) is 0. The van der Waals surface area contributed by atoms with Gasteiger partial charge in [0.1, 0.15) is 17.7 Å². The largest absolute Gasteiger partial charge is 0.386 e. The Labute approximate surface area is 128 Å². The lowest BCUT2D eigenvalue weighted by Gasteiger charge is -2.41. The molecule has 1 fully saturated rings. The number of halogens is 2. The molecule has 0 saturated heterocycles. The zero-order chi connectivity index (χ0) is 16.2. The minimum Gasteiger partial charge on any atom is -0.386 e. The maximum atomic E-state index is 13.5. The average Bonchev–Trinajstić information content (AvgIpc) is 2.44. The molecule has 1 unspecified atom stereocenters. The third-order valence-electron chi connectivity index (χ3n) is 4.58. The highest BCUT2D eigenvalue weighted by molar-refractivity contribution is 5.73. The summed E-state index contributed by atoms with van der Waals surface area (Å²) in [5.41, 5.74) is -0.236. The molecule has 1 aliphatic rings. The molecule has 4 nitrogen and oxygen atoms in total. The normalized spacial score (nSPS) is 17.5. The van der Waals surface area contributed by atoms with E-state index in [-0.39, 0.29) is 12.0 Å². The minimum atomic E-state index is -1.42. The highest BCUT2D eigenvalue weighted by atomic mass is 19.1. The number of carbonyl (C=O) groups is 1. The van der Waals surface area contributed by atoms with Crippen molar-refractivity contribution in [2.45, 2.75) is 38.7 Å². The number of amides is 2. The van der Waals surface area contributed by atoms with Crippen LogP contribution >= 0.6 is 0 Å². The van der Waals surface area contributed by atoms with Gasteiger partial charge < -0.3 is 15.7 Å². The van der Waals surface area contributed by atoms with E-state index in [1.165, 1.54) is 12.5 Å². The second-order valence-electron chi connectivity index (χ2n) is 5.92. The third kappa shape index (κ3) is 3.74. The molecule has 1 saturated carbocycles. The van der Waals surface area contributed by atoms with Crippen molar-refractivity contribution in [2.24, 2.45) is 5.41 Å². The Morgan fingerprint density at radius 3 is 2.45 bits per heavy atom. The molecule has 0 spiro atoms. The molecule has 0 radical (unpaired) electrons. The monoisotopic (exact) mass is 312 g/mol. The molecular weight excluding hydrogens is 290 g/mol. The first-order chi connectivity index (χ1) is 10.5. The van der Waals surface area contributed by atoms with Crippen LogP contribution in [0.15, 0.2) is 18.2 Å². The molecular formula is C16H22F2N2O2. The Morgan fingerprint density at radius 1 is 1.32 bits per heavy atom. The molecule has 0 bridgehead atoms. The van der Waals surface area contributed by atoms with Crippen LogP contribution in [0, 0.1) is 17.0 Å². The third-order valence-corrected chi connectivity index (χ3v) is 4.58. The highest BCUT2D eigenvalue weighted by Gasteiger charge is 2.35. The van der Waals surface area contributed by atoms with Gasteiger partial charge in [0.25, 0.3) is 0 Å². The summed E-state index contributed by atoms with van der Waals surface area (Å²) in [6.45, 7) is 2.44. The van der Waals surface area contributed by atoms with Crippen LogP contribution < -0.4 is 10.6 Å². The maximum absolute atomic E-state index is 13.5. The zero-order valence-corrected chi connectivity index (χ0v) is 12.7. The van der Waals surface area contributed by atoms with Gasteiger partial charge in [-0.05, 0) is 36.8 Å². The van der Waals surface area contributed by atoms with Crippen molar-refractivity contribution in [2.75, 3.05) is 13.1 Å². The van der Waals surface area contributed by atoms with Crippen LogP contribution in [0.4, 0.5) is 13.6 Å². The molecule has 3 N–H and O–H groups in total. The number of carbonyl (C=O) groups excluding carboxylic acids is 1. The van der Waals surface area contributed by atoms with Crippen molar-refractivity contribution in [3.05, 3.63) is 35.4 Å². The van der Waals surface area contributed by atoms with E-state index in [4.69, 9.17) is 0 Å². The highest BCUT2D eigenvalue weighted by Crippen LogP contribution is 2.42. The van der Waals surface area contributed by atoms with Crippen LogP contribution in [0.5, 0.6) is 0 Å². The standard InChI is InChI=1S/C16H22F2N2O2/c1-2-16(7-4-8-16)10-20-15(22)19-9-13(21)14-11(17)5-3-6-12(14)18/h3,5-6,13,21H,2,4,7-10H2,1H3,(H2,19,20,22). The van der Waals surface area contributed by atoms with E-state index in [0.717, 1.165) is 31.4 Å². The van der Waals surface area contributed by atoms with Gasteiger partial charge in [0.05, 0.1) is 5.56 Å². The van der Waals surface area contributed by atoms with E-state index in [1.807, 2.05) is 0 Å². The van der Waals surface area contributed by atoms with Gasteiger partial charge in [-0.2, -0.15) is 0 Å². The first-order valence-electron chi connectivity index (χ1n) is 7.61. The lowest BCUT2D eigenvalue weighted by molar-refractivity contribution is 0.124. The SMILES string of the molecule is CCC1(CNC(=O)NCC(O)c2c(F)cccc2F)CCC1. The van der Waals surface area contributed by atoms with Gasteiger partial charge in [-0.1, -0.05) is 19.4 Å². The summed E-state index contributed by atoms with van der Waals surface area (Å²) in [4.78, 5) is 11.7. The Balaban J connectivity index is 1.81. The smallest absolute Gasteiger partial charge is 0.314 e. The molecule has 0 aliphatic heterocycles. The van der Waals surface area contributed by atoms with E-state index in [1.54, 1.807) is 0 Å². The topological polar surface area (TPSA) is 61.4 Å². The molecule has 1 aromatic carbocycles. The summed E-state index contributed by atoms with van der Waals surface area (Å²) >= 11 is 0. The Kier molecular flexibility index (Phi) is 5.34. The fourth-order valence-electron chi connectivity index (χ4n) is 2.78. The molecule has 0 aromatic heterocycles. The van der Waals surface area contributed by atoms with Crippen LogP contribution in [0.2, 0.25) is 0 Å². The van der Waals surface area contributed by atoms with Gasteiger partial charge in [-0.25, -0.2) is 13.6 Å². The lowest BCUT2D eigenvalue weighted by Crippen LogP contribution is -2.46. The van der Waals surface area contributed by atoms with E-state index >= 15 is 0 Å². The van der Waals surface area contributed by atoms with Crippen molar-refractivity contribution in [3.63, 3.8) is 0 Å². The maximum Gasteiger partial charge on any atom is 0.314 e. The molecule has 0 heterocycles. The summed E-state index contributed by atoms with van der Waals surface area (Å²) < 4.78 is 27.0. The first-order valence-corrected chi connectivity index (χ1v) is 7.61. The van der Waals surface area contributed by atoms with E-state index < -0.39 is 29.3 Å². The van der Waals surface area contributed by atoms with Gasteiger partial charge in [-0.15, -0.1) is 0 Å². The zero-order valence-electron chi connectivity index (χ0n) is 12.7. The van der Waals surface area contributed by atoms with Crippen molar-refractivity contribution < 1.29 is 18.7 Å². The van der Waals surface area contributed by atoms with Crippen LogP contribution in [0.25, 0.3) is 0 Å².